The number of ether oxygens (including phenoxy) is 1. The van der Waals surface area contributed by atoms with Crippen LogP contribution < -0.4 is 5.32 Å². The first-order valence-electron chi connectivity index (χ1n) is 13.9. The predicted octanol–water partition coefficient (Wildman–Crippen LogP) is 5.79. The number of carbonyl (C=O) groups excluding carboxylic acids is 1. The third-order valence-electron chi connectivity index (χ3n) is 7.70. The number of piperidine rings is 1. The Kier molecular flexibility index (Phi) is 8.33. The molecule has 0 bridgehead atoms. The molecule has 0 aliphatic carbocycles. The number of amides is 1. The molecule has 3 aromatic rings. The van der Waals surface area contributed by atoms with E-state index >= 15 is 0 Å². The van der Waals surface area contributed by atoms with Crippen molar-refractivity contribution >= 4 is 41.3 Å². The SMILES string of the molecule is Cc1ccc(S(=O)(=O)n2ccc3c(NC4CC(O[Si](C)(C)C(C)(C)C)CN(C(=O)OC(C)(C)C)C4)ncnc32)cc1. The fraction of sp³-hybridized carbons (Fsp3) is 0.552. The maximum absolute atomic E-state index is 13.4. The maximum Gasteiger partial charge on any atom is 0.410 e. The highest BCUT2D eigenvalue weighted by Crippen LogP contribution is 2.38. The highest BCUT2D eigenvalue weighted by molar-refractivity contribution is 7.90. The molecule has 2 atom stereocenters. The summed E-state index contributed by atoms with van der Waals surface area (Å²) < 4.78 is 40.5. The van der Waals surface area contributed by atoms with Gasteiger partial charge in [-0.1, -0.05) is 38.5 Å². The summed E-state index contributed by atoms with van der Waals surface area (Å²) in [5, 5.41) is 4.04. The van der Waals surface area contributed by atoms with Crippen molar-refractivity contribution in [2.45, 2.75) is 95.7 Å². The number of carbonyl (C=O) groups is 1. The molecule has 0 spiro atoms. The van der Waals surface area contributed by atoms with Crippen molar-refractivity contribution in [3.63, 3.8) is 0 Å². The molecule has 1 amide bonds. The van der Waals surface area contributed by atoms with Crippen LogP contribution in [-0.2, 0) is 19.2 Å². The minimum Gasteiger partial charge on any atom is -0.444 e. The molecule has 1 aliphatic heterocycles. The fourth-order valence-corrected chi connectivity index (χ4v) is 7.23. The number of rotatable bonds is 6. The van der Waals surface area contributed by atoms with Gasteiger partial charge in [-0.05, 0) is 70.4 Å². The molecule has 0 radical (unpaired) electrons. The van der Waals surface area contributed by atoms with Gasteiger partial charge in [-0.25, -0.2) is 27.2 Å². The number of aryl methyl sites for hydroxylation is 1. The zero-order valence-corrected chi connectivity index (χ0v) is 27.4. The van der Waals surface area contributed by atoms with Crippen molar-refractivity contribution in [1.29, 1.82) is 0 Å². The van der Waals surface area contributed by atoms with Gasteiger partial charge in [0.1, 0.15) is 17.7 Å². The first-order chi connectivity index (χ1) is 18.9. The van der Waals surface area contributed by atoms with Crippen LogP contribution in [0.3, 0.4) is 0 Å². The Balaban J connectivity index is 1.64. The molecule has 1 N–H and O–H groups in total. The summed E-state index contributed by atoms with van der Waals surface area (Å²) in [5.41, 5.74) is 0.619. The standard InChI is InChI=1S/C29H43N5O5SSi/c1-20-10-12-23(13-11-20)40(36,37)34-15-14-24-25(30-19-31-26(24)34)32-21-16-22(39-41(8,9)29(5,6)7)18-33(17-21)27(35)38-28(2,3)4/h10-15,19,21-22H,16-18H2,1-9H3,(H,30,31,32). The van der Waals surface area contributed by atoms with E-state index in [-0.39, 0.29) is 27.7 Å². The Morgan fingerprint density at radius 2 is 1.68 bits per heavy atom. The average molecular weight is 602 g/mol. The number of benzene rings is 1. The van der Waals surface area contributed by atoms with Crippen LogP contribution in [0.2, 0.25) is 18.1 Å². The van der Waals surface area contributed by atoms with E-state index in [1.807, 2.05) is 27.7 Å². The Labute approximate surface area is 244 Å². The third kappa shape index (κ3) is 6.92. The van der Waals surface area contributed by atoms with E-state index in [0.717, 1.165) is 5.56 Å². The van der Waals surface area contributed by atoms with Gasteiger partial charge in [0.15, 0.2) is 14.0 Å². The van der Waals surface area contributed by atoms with Gasteiger partial charge in [0.25, 0.3) is 10.0 Å². The van der Waals surface area contributed by atoms with Gasteiger partial charge in [0.2, 0.25) is 0 Å². The molecule has 1 aliphatic rings. The summed E-state index contributed by atoms with van der Waals surface area (Å²) in [5.74, 6) is 0.495. The zero-order valence-electron chi connectivity index (χ0n) is 25.6. The van der Waals surface area contributed by atoms with Crippen LogP contribution in [0.5, 0.6) is 0 Å². The van der Waals surface area contributed by atoms with Crippen molar-refractivity contribution in [2.24, 2.45) is 0 Å². The molecule has 3 heterocycles. The van der Waals surface area contributed by atoms with Crippen LogP contribution in [0.4, 0.5) is 10.6 Å². The largest absolute Gasteiger partial charge is 0.444 e. The second-order valence-electron chi connectivity index (χ2n) is 13.4. The molecule has 12 heteroatoms. The van der Waals surface area contributed by atoms with E-state index in [0.29, 0.717) is 30.7 Å². The van der Waals surface area contributed by atoms with Crippen molar-refractivity contribution < 1.29 is 22.4 Å². The van der Waals surface area contributed by atoms with E-state index in [9.17, 15) is 13.2 Å². The quantitative estimate of drug-likeness (QED) is 0.353. The van der Waals surface area contributed by atoms with E-state index in [4.69, 9.17) is 9.16 Å². The van der Waals surface area contributed by atoms with E-state index < -0.39 is 30.0 Å². The zero-order chi connectivity index (χ0) is 30.4. The number of hydrogen-bond acceptors (Lipinski definition) is 8. The molecule has 1 aromatic carbocycles. The normalized spacial score (nSPS) is 18.9. The number of anilines is 1. The lowest BCUT2D eigenvalue weighted by Gasteiger charge is -2.44. The topological polar surface area (TPSA) is 116 Å². The highest BCUT2D eigenvalue weighted by Gasteiger charge is 2.42. The van der Waals surface area contributed by atoms with Gasteiger partial charge in [-0.3, -0.25) is 0 Å². The summed E-state index contributed by atoms with van der Waals surface area (Å²) in [6.07, 6.45) is 2.91. The van der Waals surface area contributed by atoms with Crippen molar-refractivity contribution in [2.75, 3.05) is 18.4 Å². The predicted molar refractivity (Wildman–Crippen MR) is 163 cm³/mol. The van der Waals surface area contributed by atoms with Gasteiger partial charge < -0.3 is 19.4 Å². The molecule has 4 rings (SSSR count). The Morgan fingerprint density at radius 1 is 1.02 bits per heavy atom. The Morgan fingerprint density at radius 3 is 2.29 bits per heavy atom. The second-order valence-corrected chi connectivity index (χ2v) is 19.9. The van der Waals surface area contributed by atoms with Gasteiger partial charge >= 0.3 is 6.09 Å². The molecular formula is C29H43N5O5SSi. The van der Waals surface area contributed by atoms with E-state index in [2.05, 4.69) is 49.1 Å². The molecule has 0 saturated carbocycles. The summed E-state index contributed by atoms with van der Waals surface area (Å²) in [6, 6.07) is 8.20. The molecule has 2 unspecified atom stereocenters. The first kappa shape index (κ1) is 31.0. The molecule has 2 aromatic heterocycles. The minimum atomic E-state index is -3.86. The van der Waals surface area contributed by atoms with E-state index in [1.165, 1.54) is 16.5 Å². The monoisotopic (exact) mass is 601 g/mol. The van der Waals surface area contributed by atoms with Gasteiger partial charge in [0.05, 0.1) is 16.4 Å². The Hall–Kier alpha value is -2.96. The first-order valence-corrected chi connectivity index (χ1v) is 18.3. The number of nitrogens with one attached hydrogen (secondary N) is 1. The fourth-order valence-electron chi connectivity index (χ4n) is 4.57. The second kappa shape index (κ2) is 11.0. The van der Waals surface area contributed by atoms with E-state index in [1.54, 1.807) is 35.2 Å². The lowest BCUT2D eigenvalue weighted by atomic mass is 10.0. The number of fused-ring (bicyclic) bond motifs is 1. The highest BCUT2D eigenvalue weighted by atomic mass is 32.2. The Bertz CT molecular complexity index is 1510. The van der Waals surface area contributed by atoms with Crippen LogP contribution in [0.1, 0.15) is 53.5 Å². The van der Waals surface area contributed by atoms with Crippen molar-refractivity contribution in [1.82, 2.24) is 18.8 Å². The van der Waals surface area contributed by atoms with Gasteiger partial charge in [-0.2, -0.15) is 0 Å². The van der Waals surface area contributed by atoms with Crippen molar-refractivity contribution in [3.8, 4) is 0 Å². The third-order valence-corrected chi connectivity index (χ3v) is 13.9. The van der Waals surface area contributed by atoms with Crippen molar-refractivity contribution in [3.05, 3.63) is 48.4 Å². The summed E-state index contributed by atoms with van der Waals surface area (Å²) in [4.78, 5) is 23.8. The lowest BCUT2D eigenvalue weighted by Crippen LogP contribution is -2.56. The lowest BCUT2D eigenvalue weighted by molar-refractivity contribution is 0.00391. The summed E-state index contributed by atoms with van der Waals surface area (Å²) >= 11 is 0. The summed E-state index contributed by atoms with van der Waals surface area (Å²) in [6.45, 7) is 19.3. The number of hydrogen-bond donors (Lipinski definition) is 1. The molecule has 1 saturated heterocycles. The summed E-state index contributed by atoms with van der Waals surface area (Å²) in [7, 11) is -5.98. The molecule has 10 nitrogen and oxygen atoms in total. The molecular weight excluding hydrogens is 559 g/mol. The van der Waals surface area contributed by atoms with Crippen LogP contribution in [0.15, 0.2) is 47.8 Å². The molecule has 41 heavy (non-hydrogen) atoms. The maximum atomic E-state index is 13.4. The molecule has 1 fully saturated rings. The average Bonchev–Trinajstić information content (AvgIpc) is 3.28. The van der Waals surface area contributed by atoms with Crippen LogP contribution in [-0.4, -0.2) is 72.5 Å². The number of nitrogens with zero attached hydrogens (tertiary/aromatic N) is 4. The van der Waals surface area contributed by atoms with Crippen LogP contribution in [0.25, 0.3) is 11.0 Å². The van der Waals surface area contributed by atoms with Crippen LogP contribution >= 0.6 is 0 Å². The smallest absolute Gasteiger partial charge is 0.410 e. The number of likely N-dealkylation sites (tertiary alicyclic amines) is 1. The van der Waals surface area contributed by atoms with Crippen LogP contribution in [0, 0.1) is 6.92 Å². The van der Waals surface area contributed by atoms with Gasteiger partial charge in [-0.15, -0.1) is 0 Å². The minimum absolute atomic E-state index is 0.00872. The number of aromatic nitrogens is 3. The van der Waals surface area contributed by atoms with Gasteiger partial charge in [0, 0.05) is 25.3 Å². The molecule has 224 valence electrons.